The Labute approximate surface area is 137 Å². The molecule has 5 heteroatoms. The molecule has 122 valence electrons. The fourth-order valence-corrected chi connectivity index (χ4v) is 3.76. The van der Waals surface area contributed by atoms with E-state index in [4.69, 9.17) is 21.1 Å². The van der Waals surface area contributed by atoms with E-state index >= 15 is 0 Å². The van der Waals surface area contributed by atoms with Crippen molar-refractivity contribution in [3.63, 3.8) is 0 Å². The van der Waals surface area contributed by atoms with Gasteiger partial charge in [0, 0.05) is 25.1 Å². The number of benzene rings is 1. The first-order valence-corrected chi connectivity index (χ1v) is 8.50. The van der Waals surface area contributed by atoms with Gasteiger partial charge in [0.2, 0.25) is 0 Å². The van der Waals surface area contributed by atoms with E-state index < -0.39 is 0 Å². The quantitative estimate of drug-likeness (QED) is 0.903. The highest BCUT2D eigenvalue weighted by atomic mass is 35.5. The maximum absolute atomic E-state index is 10.2. The highest BCUT2D eigenvalue weighted by Gasteiger charge is 2.37. The summed E-state index contributed by atoms with van der Waals surface area (Å²) in [7, 11) is 0. The second-order valence-corrected chi connectivity index (χ2v) is 6.53. The number of nitrogens with zero attached hydrogens (tertiary/aromatic N) is 1. The molecule has 4 nitrogen and oxygen atoms in total. The molecule has 0 amide bonds. The van der Waals surface area contributed by atoms with E-state index in [0.717, 1.165) is 31.7 Å². The van der Waals surface area contributed by atoms with Crippen molar-refractivity contribution in [2.45, 2.75) is 31.4 Å². The van der Waals surface area contributed by atoms with E-state index in [1.807, 2.05) is 24.3 Å². The number of rotatable bonds is 5. The SMILES string of the molecule is OC1CCOCC1C1CCCN1CCOc1ccccc1Cl. The summed E-state index contributed by atoms with van der Waals surface area (Å²) in [5.74, 6) is 0.970. The van der Waals surface area contributed by atoms with Crippen LogP contribution in [0.15, 0.2) is 24.3 Å². The van der Waals surface area contributed by atoms with Gasteiger partial charge in [0.25, 0.3) is 0 Å². The topological polar surface area (TPSA) is 41.9 Å². The Morgan fingerprint density at radius 1 is 1.32 bits per heavy atom. The molecular formula is C17H24ClNO3. The second-order valence-electron chi connectivity index (χ2n) is 6.12. The maximum atomic E-state index is 10.2. The molecule has 3 unspecified atom stereocenters. The lowest BCUT2D eigenvalue weighted by Crippen LogP contribution is -2.47. The lowest BCUT2D eigenvalue weighted by atomic mass is 9.89. The largest absolute Gasteiger partial charge is 0.491 e. The van der Waals surface area contributed by atoms with E-state index in [-0.39, 0.29) is 12.0 Å². The number of ether oxygens (including phenoxy) is 2. The number of aliphatic hydroxyl groups is 1. The first kappa shape index (κ1) is 16.1. The third-order valence-electron chi connectivity index (χ3n) is 4.74. The molecule has 1 N–H and O–H groups in total. The van der Waals surface area contributed by atoms with Gasteiger partial charge in [0.05, 0.1) is 17.7 Å². The first-order valence-electron chi connectivity index (χ1n) is 8.13. The van der Waals surface area contributed by atoms with Crippen LogP contribution in [0.2, 0.25) is 5.02 Å². The van der Waals surface area contributed by atoms with Crippen molar-refractivity contribution in [1.82, 2.24) is 4.90 Å². The van der Waals surface area contributed by atoms with Crippen LogP contribution < -0.4 is 4.74 Å². The van der Waals surface area contributed by atoms with Crippen LogP contribution in [-0.4, -0.2) is 55.1 Å². The Hall–Kier alpha value is -0.810. The maximum Gasteiger partial charge on any atom is 0.137 e. The number of hydrogen-bond acceptors (Lipinski definition) is 4. The standard InChI is InChI=1S/C17H24ClNO3/c18-14-4-1-2-6-17(14)22-11-9-19-8-3-5-15(19)13-12-21-10-7-16(13)20/h1-2,4,6,13,15-16,20H,3,5,7-12H2. The van der Waals surface area contributed by atoms with Crippen LogP contribution in [0.3, 0.4) is 0 Å². The number of aliphatic hydroxyl groups excluding tert-OH is 1. The summed E-state index contributed by atoms with van der Waals surface area (Å²) in [5, 5.41) is 10.9. The molecule has 2 saturated heterocycles. The molecule has 0 aromatic heterocycles. The van der Waals surface area contributed by atoms with Crippen LogP contribution in [-0.2, 0) is 4.74 Å². The molecule has 2 heterocycles. The molecule has 0 saturated carbocycles. The molecule has 0 bridgehead atoms. The zero-order chi connectivity index (χ0) is 15.4. The summed E-state index contributed by atoms with van der Waals surface area (Å²) in [5.41, 5.74) is 0. The van der Waals surface area contributed by atoms with Crippen molar-refractivity contribution >= 4 is 11.6 Å². The van der Waals surface area contributed by atoms with E-state index in [9.17, 15) is 5.11 Å². The average Bonchev–Trinajstić information content (AvgIpc) is 2.98. The Morgan fingerprint density at radius 3 is 3.00 bits per heavy atom. The van der Waals surface area contributed by atoms with Gasteiger partial charge in [-0.1, -0.05) is 23.7 Å². The van der Waals surface area contributed by atoms with Crippen molar-refractivity contribution in [3.8, 4) is 5.75 Å². The van der Waals surface area contributed by atoms with Gasteiger partial charge in [0.15, 0.2) is 0 Å². The molecule has 2 fully saturated rings. The normalized spacial score (nSPS) is 29.6. The van der Waals surface area contributed by atoms with Crippen molar-refractivity contribution in [2.24, 2.45) is 5.92 Å². The predicted octanol–water partition coefficient (Wildman–Crippen LogP) is 2.58. The fraction of sp³-hybridized carbons (Fsp3) is 0.647. The molecule has 0 aliphatic carbocycles. The molecular weight excluding hydrogens is 302 g/mol. The van der Waals surface area contributed by atoms with Gasteiger partial charge >= 0.3 is 0 Å². The van der Waals surface area contributed by atoms with E-state index in [1.165, 1.54) is 6.42 Å². The Kier molecular flexibility index (Phi) is 5.58. The van der Waals surface area contributed by atoms with Gasteiger partial charge in [-0.25, -0.2) is 0 Å². The van der Waals surface area contributed by atoms with Crippen molar-refractivity contribution in [3.05, 3.63) is 29.3 Å². The van der Waals surface area contributed by atoms with E-state index in [0.29, 0.717) is 30.9 Å². The highest BCUT2D eigenvalue weighted by Crippen LogP contribution is 2.30. The third-order valence-corrected chi connectivity index (χ3v) is 5.06. The number of hydrogen-bond donors (Lipinski definition) is 1. The zero-order valence-electron chi connectivity index (χ0n) is 12.8. The van der Waals surface area contributed by atoms with Crippen LogP contribution >= 0.6 is 11.6 Å². The highest BCUT2D eigenvalue weighted by molar-refractivity contribution is 6.32. The van der Waals surface area contributed by atoms with Gasteiger partial charge in [-0.05, 0) is 37.9 Å². The van der Waals surface area contributed by atoms with Crippen LogP contribution in [0.4, 0.5) is 0 Å². The summed E-state index contributed by atoms with van der Waals surface area (Å²) >= 11 is 6.10. The summed E-state index contributed by atoms with van der Waals surface area (Å²) in [6.07, 6.45) is 2.84. The Balaban J connectivity index is 1.52. The third kappa shape index (κ3) is 3.74. The molecule has 3 atom stereocenters. The molecule has 2 aliphatic heterocycles. The monoisotopic (exact) mass is 325 g/mol. The van der Waals surface area contributed by atoms with E-state index in [1.54, 1.807) is 0 Å². The minimum absolute atomic E-state index is 0.233. The van der Waals surface area contributed by atoms with Crippen LogP contribution in [0.1, 0.15) is 19.3 Å². The Bertz CT molecular complexity index is 485. The smallest absolute Gasteiger partial charge is 0.137 e. The van der Waals surface area contributed by atoms with Crippen molar-refractivity contribution < 1.29 is 14.6 Å². The number of halogens is 1. The van der Waals surface area contributed by atoms with Crippen LogP contribution in [0.25, 0.3) is 0 Å². The number of para-hydroxylation sites is 1. The summed E-state index contributed by atoms with van der Waals surface area (Å²) < 4.78 is 11.4. The molecule has 3 rings (SSSR count). The van der Waals surface area contributed by atoms with Gasteiger partial charge in [-0.3, -0.25) is 4.90 Å². The molecule has 22 heavy (non-hydrogen) atoms. The van der Waals surface area contributed by atoms with Gasteiger partial charge in [-0.2, -0.15) is 0 Å². The van der Waals surface area contributed by atoms with Crippen molar-refractivity contribution in [2.75, 3.05) is 32.9 Å². The lowest BCUT2D eigenvalue weighted by molar-refractivity contribution is -0.0634. The van der Waals surface area contributed by atoms with Gasteiger partial charge < -0.3 is 14.6 Å². The van der Waals surface area contributed by atoms with Gasteiger partial charge in [-0.15, -0.1) is 0 Å². The average molecular weight is 326 g/mol. The second kappa shape index (κ2) is 7.64. The summed E-state index contributed by atoms with van der Waals surface area (Å²) in [6, 6.07) is 7.96. The van der Waals surface area contributed by atoms with Crippen LogP contribution in [0, 0.1) is 5.92 Å². The zero-order valence-corrected chi connectivity index (χ0v) is 13.5. The van der Waals surface area contributed by atoms with Gasteiger partial charge in [0.1, 0.15) is 12.4 Å². The van der Waals surface area contributed by atoms with Crippen LogP contribution in [0.5, 0.6) is 5.75 Å². The Morgan fingerprint density at radius 2 is 2.18 bits per heavy atom. The minimum Gasteiger partial charge on any atom is -0.491 e. The predicted molar refractivity (Wildman–Crippen MR) is 86.5 cm³/mol. The molecule has 1 aromatic carbocycles. The molecule has 2 aliphatic rings. The lowest BCUT2D eigenvalue weighted by Gasteiger charge is -2.37. The van der Waals surface area contributed by atoms with Crippen molar-refractivity contribution in [1.29, 1.82) is 0 Å². The summed E-state index contributed by atoms with van der Waals surface area (Å²) in [6.45, 7) is 3.90. The molecule has 0 spiro atoms. The first-order chi connectivity index (χ1) is 10.8. The fourth-order valence-electron chi connectivity index (χ4n) is 3.57. The molecule has 1 aromatic rings. The van der Waals surface area contributed by atoms with E-state index in [2.05, 4.69) is 4.90 Å². The molecule has 0 radical (unpaired) electrons. The number of likely N-dealkylation sites (tertiary alicyclic amines) is 1. The minimum atomic E-state index is -0.233. The summed E-state index contributed by atoms with van der Waals surface area (Å²) in [4.78, 5) is 2.43.